The fraction of sp³-hybridized carbons (Fsp3) is 0.292. The Hall–Kier alpha value is -3.25. The average molecular weight is 405 g/mol. The van der Waals surface area contributed by atoms with E-state index >= 15 is 0 Å². The lowest BCUT2D eigenvalue weighted by atomic mass is 10.1. The summed E-state index contributed by atoms with van der Waals surface area (Å²) < 4.78 is 5.76. The maximum atomic E-state index is 12.6. The Kier molecular flexibility index (Phi) is 5.50. The smallest absolute Gasteiger partial charge is 0.291 e. The molecule has 1 aromatic heterocycles. The topological polar surface area (TPSA) is 74.7 Å². The van der Waals surface area contributed by atoms with E-state index in [-0.39, 0.29) is 11.7 Å². The summed E-state index contributed by atoms with van der Waals surface area (Å²) in [7, 11) is 4.25. The first-order valence-corrected chi connectivity index (χ1v) is 10.2. The number of aryl methyl sites for hydroxylation is 1. The Labute approximate surface area is 177 Å². The van der Waals surface area contributed by atoms with Gasteiger partial charge in [-0.25, -0.2) is 0 Å². The summed E-state index contributed by atoms with van der Waals surface area (Å²) in [4.78, 5) is 17.3. The van der Waals surface area contributed by atoms with Crippen LogP contribution < -0.4 is 16.0 Å². The summed E-state index contributed by atoms with van der Waals surface area (Å²) in [5.74, 6) is 0.549. The van der Waals surface area contributed by atoms with Crippen molar-refractivity contribution in [2.45, 2.75) is 19.4 Å². The number of hydrogen-bond acceptors (Lipinski definition) is 5. The molecule has 3 aromatic rings. The Morgan fingerprint density at radius 3 is 2.57 bits per heavy atom. The number of likely N-dealkylation sites (N-methyl/N-ethyl adjacent to an activating group) is 1. The van der Waals surface area contributed by atoms with E-state index < -0.39 is 0 Å². The second-order valence-corrected chi connectivity index (χ2v) is 8.11. The zero-order valence-corrected chi connectivity index (χ0v) is 17.7. The van der Waals surface area contributed by atoms with Gasteiger partial charge in [0.2, 0.25) is 0 Å². The number of nitrogen functional groups attached to an aromatic ring is 1. The van der Waals surface area contributed by atoms with E-state index in [9.17, 15) is 4.79 Å². The van der Waals surface area contributed by atoms with Crippen molar-refractivity contribution in [1.82, 2.24) is 4.90 Å². The average Bonchev–Trinajstić information content (AvgIpc) is 3.39. The van der Waals surface area contributed by atoms with Gasteiger partial charge in [-0.2, -0.15) is 0 Å². The molecule has 4 rings (SSSR count). The number of rotatable bonds is 5. The van der Waals surface area contributed by atoms with Crippen LogP contribution in [0.15, 0.2) is 59.0 Å². The second kappa shape index (κ2) is 8.24. The summed E-state index contributed by atoms with van der Waals surface area (Å²) in [6.45, 7) is 4.05. The third kappa shape index (κ3) is 4.19. The minimum atomic E-state index is -0.284. The summed E-state index contributed by atoms with van der Waals surface area (Å²) in [5.41, 5.74) is 10.5. The lowest BCUT2D eigenvalue weighted by molar-refractivity contribution is 0.0997. The number of carbonyl (C=O) groups is 1. The number of anilines is 3. The van der Waals surface area contributed by atoms with Gasteiger partial charge in [-0.05, 0) is 81.5 Å². The van der Waals surface area contributed by atoms with E-state index in [2.05, 4.69) is 29.2 Å². The van der Waals surface area contributed by atoms with Gasteiger partial charge in [0.1, 0.15) is 5.76 Å². The van der Waals surface area contributed by atoms with Crippen LogP contribution in [0, 0.1) is 6.92 Å². The molecule has 30 heavy (non-hydrogen) atoms. The third-order valence-corrected chi connectivity index (χ3v) is 5.69. The van der Waals surface area contributed by atoms with Gasteiger partial charge in [0, 0.05) is 41.8 Å². The van der Waals surface area contributed by atoms with Crippen molar-refractivity contribution in [3.63, 3.8) is 0 Å². The van der Waals surface area contributed by atoms with Gasteiger partial charge < -0.3 is 25.3 Å². The Bertz CT molecular complexity index is 1040. The Morgan fingerprint density at radius 2 is 1.90 bits per heavy atom. The molecule has 6 nitrogen and oxygen atoms in total. The van der Waals surface area contributed by atoms with Gasteiger partial charge in [-0.3, -0.25) is 4.79 Å². The maximum Gasteiger partial charge on any atom is 0.291 e. The highest BCUT2D eigenvalue weighted by atomic mass is 16.3. The van der Waals surface area contributed by atoms with E-state index in [0.29, 0.717) is 17.5 Å². The zero-order valence-electron chi connectivity index (χ0n) is 17.7. The van der Waals surface area contributed by atoms with Crippen LogP contribution in [-0.2, 0) is 0 Å². The molecule has 2 heterocycles. The van der Waals surface area contributed by atoms with Crippen LogP contribution >= 0.6 is 0 Å². The molecule has 1 aliphatic rings. The molecular formula is C24H28N4O2. The highest BCUT2D eigenvalue weighted by Gasteiger charge is 2.24. The largest absolute Gasteiger partial charge is 0.451 e. The monoisotopic (exact) mass is 404 g/mol. The molecule has 2 aromatic carbocycles. The van der Waals surface area contributed by atoms with E-state index in [1.807, 2.05) is 49.4 Å². The van der Waals surface area contributed by atoms with Gasteiger partial charge in [0.25, 0.3) is 5.91 Å². The van der Waals surface area contributed by atoms with Crippen molar-refractivity contribution in [2.24, 2.45) is 0 Å². The molecule has 1 unspecified atom stereocenters. The number of benzene rings is 2. The van der Waals surface area contributed by atoms with E-state index in [4.69, 9.17) is 10.2 Å². The number of amides is 1. The summed E-state index contributed by atoms with van der Waals surface area (Å²) >= 11 is 0. The molecule has 1 atom stereocenters. The second-order valence-electron chi connectivity index (χ2n) is 8.11. The van der Waals surface area contributed by atoms with Crippen molar-refractivity contribution < 1.29 is 9.21 Å². The lowest BCUT2D eigenvalue weighted by Crippen LogP contribution is -2.31. The number of carbonyl (C=O) groups excluding carboxylic acids is 1. The van der Waals surface area contributed by atoms with Crippen LogP contribution in [0.4, 0.5) is 17.1 Å². The van der Waals surface area contributed by atoms with E-state index in [1.54, 1.807) is 12.1 Å². The molecule has 0 spiro atoms. The number of nitrogens with zero attached hydrogens (tertiary/aromatic N) is 2. The van der Waals surface area contributed by atoms with Crippen molar-refractivity contribution >= 4 is 23.0 Å². The first kappa shape index (κ1) is 20.0. The highest BCUT2D eigenvalue weighted by molar-refractivity contribution is 6.02. The van der Waals surface area contributed by atoms with Crippen molar-refractivity contribution in [2.75, 3.05) is 43.1 Å². The van der Waals surface area contributed by atoms with Gasteiger partial charge in [-0.1, -0.05) is 6.07 Å². The predicted octanol–water partition coefficient (Wildman–Crippen LogP) is 4.23. The fourth-order valence-electron chi connectivity index (χ4n) is 3.86. The van der Waals surface area contributed by atoms with E-state index in [0.717, 1.165) is 36.3 Å². The summed E-state index contributed by atoms with van der Waals surface area (Å²) in [6.07, 6.45) is 1.16. The fourth-order valence-corrected chi connectivity index (χ4v) is 3.86. The molecule has 1 fully saturated rings. The molecule has 0 bridgehead atoms. The minimum Gasteiger partial charge on any atom is -0.451 e. The van der Waals surface area contributed by atoms with Crippen LogP contribution in [0.5, 0.6) is 0 Å². The molecule has 0 radical (unpaired) electrons. The highest BCUT2D eigenvalue weighted by Crippen LogP contribution is 2.29. The normalized spacial score (nSPS) is 16.3. The molecule has 1 amide bonds. The number of nitrogens with one attached hydrogen (secondary N) is 1. The summed E-state index contributed by atoms with van der Waals surface area (Å²) in [5, 5.41) is 2.90. The van der Waals surface area contributed by atoms with Gasteiger partial charge in [0.15, 0.2) is 5.76 Å². The van der Waals surface area contributed by atoms with Crippen LogP contribution in [0.25, 0.3) is 11.3 Å². The molecular weight excluding hydrogens is 376 g/mol. The third-order valence-electron chi connectivity index (χ3n) is 5.69. The molecule has 156 valence electrons. The first-order chi connectivity index (χ1) is 14.4. The Balaban J connectivity index is 1.41. The zero-order chi connectivity index (χ0) is 21.3. The predicted molar refractivity (Wildman–Crippen MR) is 122 cm³/mol. The lowest BCUT2D eigenvalue weighted by Gasteiger charge is -2.22. The van der Waals surface area contributed by atoms with Crippen molar-refractivity contribution in [3.05, 3.63) is 65.9 Å². The van der Waals surface area contributed by atoms with Crippen LogP contribution in [-0.4, -0.2) is 44.0 Å². The van der Waals surface area contributed by atoms with Crippen LogP contribution in [0.2, 0.25) is 0 Å². The van der Waals surface area contributed by atoms with Crippen LogP contribution in [0.3, 0.4) is 0 Å². The maximum absolute atomic E-state index is 12.6. The number of furan rings is 1. The van der Waals surface area contributed by atoms with Crippen LogP contribution in [0.1, 0.15) is 22.5 Å². The van der Waals surface area contributed by atoms with Gasteiger partial charge >= 0.3 is 0 Å². The molecule has 0 saturated carbocycles. The quantitative estimate of drug-likeness (QED) is 0.623. The number of hydrogen-bond donors (Lipinski definition) is 2. The molecule has 1 saturated heterocycles. The van der Waals surface area contributed by atoms with Gasteiger partial charge in [-0.15, -0.1) is 0 Å². The van der Waals surface area contributed by atoms with Crippen molar-refractivity contribution in [1.29, 1.82) is 0 Å². The molecule has 0 aliphatic carbocycles. The van der Waals surface area contributed by atoms with Gasteiger partial charge in [0.05, 0.1) is 0 Å². The summed E-state index contributed by atoms with van der Waals surface area (Å²) in [6, 6.07) is 17.7. The first-order valence-electron chi connectivity index (χ1n) is 10.2. The number of nitrogens with two attached hydrogens (primary N) is 1. The minimum absolute atomic E-state index is 0.252. The molecule has 3 N–H and O–H groups in total. The SMILES string of the molecule is Cc1ccc(-c2ccc(C(=O)Nc3ccc(N4CCC(N(C)C)C4)cc3)o2)c(N)c1. The van der Waals surface area contributed by atoms with E-state index in [1.165, 1.54) is 5.69 Å². The molecule has 1 aliphatic heterocycles. The standard InChI is InChI=1S/C24H28N4O2/c1-16-4-9-20(21(25)14-16)22-10-11-23(30-22)24(29)26-17-5-7-18(8-6-17)28-13-12-19(15-28)27(2)3/h4-11,14,19H,12-13,15,25H2,1-3H3,(H,26,29). The Morgan fingerprint density at radius 1 is 1.13 bits per heavy atom. The van der Waals surface area contributed by atoms with Crippen molar-refractivity contribution in [3.8, 4) is 11.3 Å². The molecule has 6 heteroatoms.